The van der Waals surface area contributed by atoms with E-state index in [0.29, 0.717) is 0 Å². The molecule has 0 saturated heterocycles. The summed E-state index contributed by atoms with van der Waals surface area (Å²) < 4.78 is 0. The molecular weight excluding hydrogens is 332 g/mol. The van der Waals surface area contributed by atoms with Crippen molar-refractivity contribution in [3.8, 4) is 0 Å². The summed E-state index contributed by atoms with van der Waals surface area (Å²) in [4.78, 5) is 16.1. The second-order valence-corrected chi connectivity index (χ2v) is 7.68. The van der Waals surface area contributed by atoms with E-state index < -0.39 is 0 Å². The minimum Gasteiger partial charge on any atom is -0.343 e. The average molecular weight is 354 g/mol. The molecule has 2 aliphatic rings. The topological polar surface area (TPSA) is 23.6 Å². The Morgan fingerprint density at radius 3 is 1.78 bits per heavy atom. The van der Waals surface area contributed by atoms with Crippen molar-refractivity contribution in [2.45, 2.75) is 33.1 Å². The zero-order valence-corrected chi connectivity index (χ0v) is 15.6. The van der Waals surface area contributed by atoms with Gasteiger partial charge in [0.25, 0.3) is 0 Å². The maximum atomic E-state index is 11.1. The molecule has 0 amide bonds. The van der Waals surface area contributed by atoms with Gasteiger partial charge in [-0.3, -0.25) is 4.79 Å². The van der Waals surface area contributed by atoms with Crippen molar-refractivity contribution in [1.82, 2.24) is 0 Å². The predicted octanol–water partition coefficient (Wildman–Crippen LogP) is 5.15. The lowest BCUT2D eigenvalue weighted by atomic mass is 9.93. The normalized spacial score (nSPS) is 15.3. The van der Waals surface area contributed by atoms with E-state index in [4.69, 9.17) is 0 Å². The number of fused-ring (bicyclic) bond motifs is 6. The lowest BCUT2D eigenvalue weighted by Crippen LogP contribution is -2.49. The maximum Gasteiger partial charge on any atom is 0.150 e. The number of carbonyl (C=O) groups is 1. The molecule has 0 atom stereocenters. The number of rotatable bonds is 2. The number of carbonyl (C=O) groups excluding carboxylic acids is 1. The van der Waals surface area contributed by atoms with E-state index >= 15 is 0 Å². The molecular formula is C24H22N2O. The molecule has 0 N–H and O–H groups in total. The fourth-order valence-electron chi connectivity index (χ4n) is 4.49. The van der Waals surface area contributed by atoms with Gasteiger partial charge in [0.05, 0.1) is 0 Å². The Morgan fingerprint density at radius 1 is 0.778 bits per heavy atom. The van der Waals surface area contributed by atoms with Crippen molar-refractivity contribution in [2.24, 2.45) is 0 Å². The van der Waals surface area contributed by atoms with Gasteiger partial charge in [-0.05, 0) is 42.7 Å². The van der Waals surface area contributed by atoms with Crippen LogP contribution in [0.5, 0.6) is 0 Å². The smallest absolute Gasteiger partial charge is 0.150 e. The van der Waals surface area contributed by atoms with Crippen molar-refractivity contribution in [3.05, 3.63) is 94.0 Å². The van der Waals surface area contributed by atoms with Crippen molar-refractivity contribution in [3.63, 3.8) is 0 Å². The molecule has 0 aliphatic carbocycles. The first-order chi connectivity index (χ1) is 13.1. The predicted molar refractivity (Wildman–Crippen MR) is 109 cm³/mol. The summed E-state index contributed by atoms with van der Waals surface area (Å²) in [6.07, 6.45) is 1.05. The summed E-state index contributed by atoms with van der Waals surface area (Å²) in [6.45, 7) is 6.10. The van der Waals surface area contributed by atoms with Crippen LogP contribution in [-0.2, 0) is 13.1 Å². The van der Waals surface area contributed by atoms with Gasteiger partial charge in [0.1, 0.15) is 12.5 Å². The van der Waals surface area contributed by atoms with Crippen LogP contribution >= 0.6 is 0 Å². The van der Waals surface area contributed by atoms with E-state index in [1.54, 1.807) is 0 Å². The summed E-state index contributed by atoms with van der Waals surface area (Å²) in [5.41, 5.74) is 9.92. The highest BCUT2D eigenvalue weighted by atomic mass is 16.1. The average Bonchev–Trinajstić information content (AvgIpc) is 2.67. The van der Waals surface area contributed by atoms with E-state index in [1.165, 1.54) is 39.2 Å². The number of hydrogen-bond acceptors (Lipinski definition) is 3. The molecule has 0 radical (unpaired) electrons. The van der Waals surface area contributed by atoms with Gasteiger partial charge in [-0.1, -0.05) is 59.7 Å². The molecule has 2 aliphatic heterocycles. The Labute approximate surface area is 159 Å². The molecule has 2 heterocycles. The van der Waals surface area contributed by atoms with Gasteiger partial charge in [-0.2, -0.15) is 0 Å². The van der Waals surface area contributed by atoms with Crippen LogP contribution in [0.15, 0.2) is 60.7 Å². The van der Waals surface area contributed by atoms with Gasteiger partial charge in [-0.15, -0.1) is 0 Å². The van der Waals surface area contributed by atoms with Crippen molar-refractivity contribution >= 4 is 17.7 Å². The molecule has 2 bridgehead atoms. The molecule has 3 aromatic rings. The third kappa shape index (κ3) is 2.54. The first-order valence-electron chi connectivity index (χ1n) is 9.41. The van der Waals surface area contributed by atoms with Crippen LogP contribution in [0, 0.1) is 13.8 Å². The largest absolute Gasteiger partial charge is 0.343 e. The number of nitrogens with zero attached hydrogens (tertiary/aromatic N) is 2. The quantitative estimate of drug-likeness (QED) is 0.594. The molecule has 3 heteroatoms. The fraction of sp³-hybridized carbons (Fsp3) is 0.208. The minimum absolute atomic E-state index is 0.149. The zero-order valence-electron chi connectivity index (χ0n) is 15.6. The van der Waals surface area contributed by atoms with Gasteiger partial charge < -0.3 is 9.80 Å². The van der Waals surface area contributed by atoms with Gasteiger partial charge in [0.15, 0.2) is 0 Å². The molecule has 0 spiro atoms. The third-order valence-corrected chi connectivity index (χ3v) is 5.73. The zero-order chi connectivity index (χ0) is 18.5. The highest BCUT2D eigenvalue weighted by Crippen LogP contribution is 2.47. The van der Waals surface area contributed by atoms with Gasteiger partial charge in [-0.25, -0.2) is 0 Å². The number of aryl methyl sites for hydroxylation is 2. The lowest BCUT2D eigenvalue weighted by molar-refractivity contribution is 0.112. The van der Waals surface area contributed by atoms with Crippen molar-refractivity contribution in [1.29, 1.82) is 0 Å². The number of hydrogen-bond donors (Lipinski definition) is 0. The van der Waals surface area contributed by atoms with Crippen LogP contribution in [0.1, 0.15) is 44.3 Å². The second-order valence-electron chi connectivity index (χ2n) is 7.68. The Hall–Kier alpha value is -3.07. The highest BCUT2D eigenvalue weighted by Gasteiger charge is 2.38. The third-order valence-electron chi connectivity index (χ3n) is 5.73. The minimum atomic E-state index is 0.149. The van der Waals surface area contributed by atoms with E-state index in [9.17, 15) is 4.79 Å². The van der Waals surface area contributed by atoms with Gasteiger partial charge in [0.2, 0.25) is 0 Å². The summed E-state index contributed by atoms with van der Waals surface area (Å²) >= 11 is 0. The van der Waals surface area contributed by atoms with E-state index in [1.807, 2.05) is 12.1 Å². The Balaban J connectivity index is 1.68. The first-order valence-corrected chi connectivity index (χ1v) is 9.41. The van der Waals surface area contributed by atoms with Crippen LogP contribution in [0.4, 0.5) is 11.4 Å². The van der Waals surface area contributed by atoms with Crippen molar-refractivity contribution < 1.29 is 4.79 Å². The summed E-state index contributed by atoms with van der Waals surface area (Å²) in [7, 11) is 0. The van der Waals surface area contributed by atoms with Gasteiger partial charge >= 0.3 is 0 Å². The molecule has 0 fully saturated rings. The SMILES string of the molecule is Cc1ccc2c(c1)CN1c3ccc(C)cc3CN2C1c1ccc(C=O)cc1. The van der Waals surface area contributed by atoms with Crippen LogP contribution in [-0.4, -0.2) is 6.29 Å². The molecule has 0 aromatic heterocycles. The first kappa shape index (κ1) is 16.1. The molecule has 0 saturated carbocycles. The fourth-order valence-corrected chi connectivity index (χ4v) is 4.49. The van der Waals surface area contributed by atoms with E-state index in [0.717, 1.165) is 24.9 Å². The van der Waals surface area contributed by atoms with E-state index in [-0.39, 0.29) is 6.17 Å². The van der Waals surface area contributed by atoms with Crippen molar-refractivity contribution in [2.75, 3.05) is 9.80 Å². The number of aldehydes is 1. The maximum absolute atomic E-state index is 11.1. The van der Waals surface area contributed by atoms with Crippen LogP contribution in [0.25, 0.3) is 0 Å². The molecule has 3 aromatic carbocycles. The summed E-state index contributed by atoms with van der Waals surface area (Å²) in [6, 6.07) is 21.5. The van der Waals surface area contributed by atoms with Crippen LogP contribution < -0.4 is 9.80 Å². The highest BCUT2D eigenvalue weighted by molar-refractivity contribution is 5.75. The molecule has 3 nitrogen and oxygen atoms in total. The molecule has 5 rings (SSSR count). The molecule has 0 unspecified atom stereocenters. The lowest BCUT2D eigenvalue weighted by Gasteiger charge is -2.51. The van der Waals surface area contributed by atoms with Gasteiger partial charge in [0, 0.05) is 30.0 Å². The van der Waals surface area contributed by atoms with Crippen LogP contribution in [0.2, 0.25) is 0 Å². The monoisotopic (exact) mass is 354 g/mol. The standard InChI is InChI=1S/C24H22N2O/c1-16-3-9-22-20(11-16)13-25-23-10-4-17(2)12-21(23)14-26(22)24(25)19-7-5-18(15-27)6-8-19/h3-12,15,24H,13-14H2,1-2H3. The van der Waals surface area contributed by atoms with E-state index in [2.05, 4.69) is 72.2 Å². The Morgan fingerprint density at radius 2 is 1.30 bits per heavy atom. The Bertz CT molecular complexity index is 979. The molecule has 134 valence electrons. The summed E-state index contributed by atoms with van der Waals surface area (Å²) in [5, 5.41) is 0. The summed E-state index contributed by atoms with van der Waals surface area (Å²) in [5.74, 6) is 0. The second kappa shape index (κ2) is 5.98. The number of anilines is 2. The number of benzene rings is 3. The van der Waals surface area contributed by atoms with Crippen LogP contribution in [0.3, 0.4) is 0 Å². The molecule has 27 heavy (non-hydrogen) atoms. The Kier molecular flexibility index (Phi) is 3.57.